The number of esters is 1. The van der Waals surface area contributed by atoms with Crippen molar-refractivity contribution in [1.29, 1.82) is 0 Å². The first-order chi connectivity index (χ1) is 10.2. The van der Waals surface area contributed by atoms with Crippen molar-refractivity contribution in [2.24, 2.45) is 5.92 Å². The number of nitrogens with zero attached hydrogens (tertiary/aromatic N) is 1. The van der Waals surface area contributed by atoms with Crippen LogP contribution in [0.3, 0.4) is 0 Å². The van der Waals surface area contributed by atoms with Crippen molar-refractivity contribution in [3.05, 3.63) is 39.9 Å². The Morgan fingerprint density at radius 3 is 2.09 bits per heavy atom. The summed E-state index contributed by atoms with van der Waals surface area (Å²) >= 11 is 0. The maximum Gasteiger partial charge on any atom is 0.329 e. The summed E-state index contributed by atoms with van der Waals surface area (Å²) in [5.74, 6) is -1.12. The van der Waals surface area contributed by atoms with Gasteiger partial charge < -0.3 is 10.1 Å². The van der Waals surface area contributed by atoms with Gasteiger partial charge in [0.05, 0.1) is 11.0 Å². The summed E-state index contributed by atoms with van der Waals surface area (Å²) in [5, 5.41) is 13.2. The van der Waals surface area contributed by atoms with Crippen LogP contribution < -0.4 is 5.32 Å². The Morgan fingerprint density at radius 2 is 1.68 bits per heavy atom. The second-order valence-electron chi connectivity index (χ2n) is 5.48. The van der Waals surface area contributed by atoms with Crippen LogP contribution in [0.15, 0.2) is 24.3 Å². The number of carbonyl (C=O) groups is 2. The molecule has 0 heterocycles. The fourth-order valence-electron chi connectivity index (χ4n) is 1.76. The number of nitro benzene ring substituents is 1. The van der Waals surface area contributed by atoms with Gasteiger partial charge in [-0.05, 0) is 31.9 Å². The number of nitrogens with one attached hydrogen (secondary N) is 1. The van der Waals surface area contributed by atoms with Crippen LogP contribution in [0.1, 0.15) is 38.1 Å². The van der Waals surface area contributed by atoms with Gasteiger partial charge in [0.15, 0.2) is 0 Å². The van der Waals surface area contributed by atoms with Gasteiger partial charge in [-0.15, -0.1) is 0 Å². The predicted octanol–water partition coefficient (Wildman–Crippen LogP) is 2.30. The van der Waals surface area contributed by atoms with Crippen LogP contribution in [0, 0.1) is 16.0 Å². The molecule has 1 aromatic rings. The van der Waals surface area contributed by atoms with E-state index in [4.69, 9.17) is 4.74 Å². The Bertz CT molecular complexity index is 552. The van der Waals surface area contributed by atoms with Gasteiger partial charge in [-0.3, -0.25) is 14.9 Å². The largest absolute Gasteiger partial charge is 0.461 e. The van der Waals surface area contributed by atoms with Crippen LogP contribution in [-0.2, 0) is 9.53 Å². The molecule has 0 fully saturated rings. The lowest BCUT2D eigenvalue weighted by Gasteiger charge is -2.22. The van der Waals surface area contributed by atoms with E-state index in [1.54, 1.807) is 27.7 Å². The lowest BCUT2D eigenvalue weighted by Crippen LogP contribution is -2.45. The number of hydrogen-bond acceptors (Lipinski definition) is 5. The van der Waals surface area contributed by atoms with Gasteiger partial charge in [-0.1, -0.05) is 13.8 Å². The van der Waals surface area contributed by atoms with Crippen molar-refractivity contribution in [1.82, 2.24) is 5.32 Å². The Kier molecular flexibility index (Phi) is 6.03. The van der Waals surface area contributed by atoms with Crippen LogP contribution in [0.5, 0.6) is 0 Å². The number of non-ortho nitro benzene ring substituents is 1. The van der Waals surface area contributed by atoms with Crippen molar-refractivity contribution >= 4 is 17.6 Å². The zero-order valence-corrected chi connectivity index (χ0v) is 13.0. The molecule has 0 aliphatic carbocycles. The zero-order valence-electron chi connectivity index (χ0n) is 13.0. The highest BCUT2D eigenvalue weighted by molar-refractivity contribution is 5.97. The Labute approximate surface area is 128 Å². The molecule has 1 rings (SSSR count). The lowest BCUT2D eigenvalue weighted by molar-refractivity contribution is -0.384. The third-order valence-corrected chi connectivity index (χ3v) is 2.90. The number of nitro groups is 1. The summed E-state index contributed by atoms with van der Waals surface area (Å²) < 4.78 is 5.12. The number of carbonyl (C=O) groups excluding carboxylic acids is 2. The van der Waals surface area contributed by atoms with Crippen molar-refractivity contribution in [2.75, 3.05) is 0 Å². The summed E-state index contributed by atoms with van der Waals surface area (Å²) in [6.07, 6.45) is -0.273. The molecule has 1 aromatic carbocycles. The van der Waals surface area contributed by atoms with Gasteiger partial charge in [0, 0.05) is 17.7 Å². The molecule has 0 spiro atoms. The van der Waals surface area contributed by atoms with E-state index >= 15 is 0 Å². The first-order valence-corrected chi connectivity index (χ1v) is 6.98. The summed E-state index contributed by atoms with van der Waals surface area (Å²) in [6, 6.07) is 4.40. The van der Waals surface area contributed by atoms with E-state index in [2.05, 4.69) is 5.32 Å². The van der Waals surface area contributed by atoms with E-state index in [1.165, 1.54) is 24.3 Å². The van der Waals surface area contributed by atoms with Gasteiger partial charge in [0.1, 0.15) is 6.04 Å². The maximum atomic E-state index is 12.1. The van der Waals surface area contributed by atoms with Gasteiger partial charge in [-0.25, -0.2) is 4.79 Å². The quantitative estimate of drug-likeness (QED) is 0.494. The second kappa shape index (κ2) is 7.53. The fourth-order valence-corrected chi connectivity index (χ4v) is 1.76. The molecular weight excluding hydrogens is 288 g/mol. The Balaban J connectivity index is 2.82. The predicted molar refractivity (Wildman–Crippen MR) is 80.4 cm³/mol. The number of hydrogen-bond donors (Lipinski definition) is 1. The van der Waals surface area contributed by atoms with Crippen LogP contribution in [-0.4, -0.2) is 28.9 Å². The van der Waals surface area contributed by atoms with Gasteiger partial charge in [0.2, 0.25) is 0 Å². The van der Waals surface area contributed by atoms with E-state index < -0.39 is 22.8 Å². The topological polar surface area (TPSA) is 98.5 Å². The average Bonchev–Trinajstić information content (AvgIpc) is 2.43. The molecule has 7 nitrogen and oxygen atoms in total. The second-order valence-corrected chi connectivity index (χ2v) is 5.48. The minimum absolute atomic E-state index is 0.101. The highest BCUT2D eigenvalue weighted by atomic mass is 16.6. The Morgan fingerprint density at radius 1 is 1.14 bits per heavy atom. The molecule has 0 saturated heterocycles. The third kappa shape index (κ3) is 4.83. The highest BCUT2D eigenvalue weighted by Crippen LogP contribution is 2.13. The third-order valence-electron chi connectivity index (χ3n) is 2.90. The summed E-state index contributed by atoms with van der Waals surface area (Å²) in [6.45, 7) is 7.05. The summed E-state index contributed by atoms with van der Waals surface area (Å²) in [5.41, 5.74) is 0.143. The van der Waals surface area contributed by atoms with Crippen molar-refractivity contribution in [2.45, 2.75) is 39.8 Å². The highest BCUT2D eigenvalue weighted by Gasteiger charge is 2.26. The van der Waals surface area contributed by atoms with Gasteiger partial charge in [-0.2, -0.15) is 0 Å². The van der Waals surface area contributed by atoms with Crippen molar-refractivity contribution in [3.8, 4) is 0 Å². The monoisotopic (exact) mass is 308 g/mol. The minimum atomic E-state index is -0.773. The fraction of sp³-hybridized carbons (Fsp3) is 0.467. The first-order valence-electron chi connectivity index (χ1n) is 6.98. The number of amides is 1. The van der Waals surface area contributed by atoms with Crippen LogP contribution in [0.25, 0.3) is 0 Å². The zero-order chi connectivity index (χ0) is 16.9. The van der Waals surface area contributed by atoms with E-state index in [0.29, 0.717) is 0 Å². The lowest BCUT2D eigenvalue weighted by atomic mass is 10.0. The standard InChI is InChI=1S/C15H20N2O5/c1-9(2)13(15(19)22-10(3)4)16-14(18)11-5-7-12(8-6-11)17(20)21/h5-10,13H,1-4H3,(H,16,18). The normalized spacial score (nSPS) is 12.1. The Hall–Kier alpha value is -2.44. The van der Waals surface area contributed by atoms with Crippen LogP contribution in [0.4, 0.5) is 5.69 Å². The average molecular weight is 308 g/mol. The minimum Gasteiger partial charge on any atom is -0.461 e. The molecule has 7 heteroatoms. The van der Waals surface area contributed by atoms with E-state index in [9.17, 15) is 19.7 Å². The first kappa shape index (κ1) is 17.6. The SMILES string of the molecule is CC(C)OC(=O)C(NC(=O)c1ccc([N+](=O)[O-])cc1)C(C)C. The maximum absolute atomic E-state index is 12.1. The van der Waals surface area contributed by atoms with E-state index in [0.717, 1.165) is 0 Å². The molecule has 0 aliphatic heterocycles. The van der Waals surface area contributed by atoms with Crippen molar-refractivity contribution in [3.63, 3.8) is 0 Å². The molecule has 1 unspecified atom stereocenters. The summed E-state index contributed by atoms with van der Waals surface area (Å²) in [4.78, 5) is 34.2. The molecule has 120 valence electrons. The van der Waals surface area contributed by atoms with E-state index in [1.807, 2.05) is 0 Å². The number of benzene rings is 1. The molecule has 0 aromatic heterocycles. The molecule has 0 saturated carbocycles. The van der Waals surface area contributed by atoms with Crippen LogP contribution >= 0.6 is 0 Å². The van der Waals surface area contributed by atoms with Gasteiger partial charge >= 0.3 is 5.97 Å². The molecule has 0 aliphatic rings. The smallest absolute Gasteiger partial charge is 0.329 e. The molecule has 22 heavy (non-hydrogen) atoms. The molecule has 1 amide bonds. The molecule has 0 radical (unpaired) electrons. The number of rotatable bonds is 6. The van der Waals surface area contributed by atoms with Gasteiger partial charge in [0.25, 0.3) is 11.6 Å². The molecule has 1 N–H and O–H groups in total. The molecule has 1 atom stereocenters. The number of ether oxygens (including phenoxy) is 1. The summed E-state index contributed by atoms with van der Waals surface area (Å²) in [7, 11) is 0. The van der Waals surface area contributed by atoms with Crippen LogP contribution in [0.2, 0.25) is 0 Å². The van der Waals surface area contributed by atoms with E-state index in [-0.39, 0.29) is 23.3 Å². The van der Waals surface area contributed by atoms with Crippen molar-refractivity contribution < 1.29 is 19.2 Å². The molecular formula is C15H20N2O5. The molecule has 0 bridgehead atoms.